The van der Waals surface area contributed by atoms with E-state index in [-0.39, 0.29) is 11.5 Å². The van der Waals surface area contributed by atoms with Gasteiger partial charge in [-0.1, -0.05) is 36.4 Å². The van der Waals surface area contributed by atoms with Gasteiger partial charge in [0, 0.05) is 13.1 Å². The van der Waals surface area contributed by atoms with Crippen LogP contribution in [0.2, 0.25) is 0 Å². The molecular weight excluding hydrogens is 430 g/mol. The van der Waals surface area contributed by atoms with Gasteiger partial charge in [-0.3, -0.25) is 4.90 Å². The smallest absolute Gasteiger partial charge is 0.161 e. The van der Waals surface area contributed by atoms with Crippen molar-refractivity contribution in [1.29, 1.82) is 0 Å². The van der Waals surface area contributed by atoms with Gasteiger partial charge in [0.05, 0.1) is 14.2 Å². The van der Waals surface area contributed by atoms with Crippen LogP contribution in [0.1, 0.15) is 30.4 Å². The van der Waals surface area contributed by atoms with Gasteiger partial charge in [0.25, 0.3) is 0 Å². The van der Waals surface area contributed by atoms with Crippen molar-refractivity contribution in [2.24, 2.45) is 5.73 Å². The predicted octanol–water partition coefficient (Wildman–Crippen LogP) is 3.86. The number of benzene rings is 2. The Hall–Kier alpha value is -3.00. The Bertz CT molecular complexity index is 849. The van der Waals surface area contributed by atoms with Gasteiger partial charge in [-0.05, 0) is 80.8 Å². The summed E-state index contributed by atoms with van der Waals surface area (Å²) in [5, 5.41) is 23.0. The number of hydrogen-bond donors (Lipinski definition) is 4. The first-order valence-corrected chi connectivity index (χ1v) is 11.8. The maximum atomic E-state index is 9.78. The molecular formula is C27H39N3O4. The van der Waals surface area contributed by atoms with Gasteiger partial charge in [-0.15, -0.1) is 0 Å². The molecule has 0 bridgehead atoms. The van der Waals surface area contributed by atoms with Gasteiger partial charge < -0.3 is 30.7 Å². The van der Waals surface area contributed by atoms with E-state index in [0.29, 0.717) is 11.5 Å². The molecule has 34 heavy (non-hydrogen) atoms. The third-order valence-corrected chi connectivity index (χ3v) is 5.39. The number of methoxy groups -OCH3 is 2. The molecule has 0 aliphatic carbocycles. The van der Waals surface area contributed by atoms with E-state index in [1.54, 1.807) is 26.4 Å². The second-order valence-corrected chi connectivity index (χ2v) is 8.03. The first-order valence-electron chi connectivity index (χ1n) is 11.8. The Morgan fingerprint density at radius 1 is 0.824 bits per heavy atom. The summed E-state index contributed by atoms with van der Waals surface area (Å²) in [7, 11) is 3.09. The average Bonchev–Trinajstić information content (AvgIpc) is 2.85. The number of hydrogen-bond acceptors (Lipinski definition) is 7. The summed E-state index contributed by atoms with van der Waals surface area (Å²) in [5.41, 5.74) is 7.49. The van der Waals surface area contributed by atoms with Crippen LogP contribution in [0.25, 0.3) is 12.2 Å². The summed E-state index contributed by atoms with van der Waals surface area (Å²) in [6.45, 7) is 5.27. The van der Waals surface area contributed by atoms with Crippen LogP contribution in [0.5, 0.6) is 23.0 Å². The van der Waals surface area contributed by atoms with E-state index in [4.69, 9.17) is 15.2 Å². The third-order valence-electron chi connectivity index (χ3n) is 5.39. The molecule has 0 spiro atoms. The second kappa shape index (κ2) is 15.8. The van der Waals surface area contributed by atoms with Crippen LogP contribution in [0.3, 0.4) is 0 Å². The average molecular weight is 470 g/mol. The molecule has 2 aromatic rings. The number of nitrogens with zero attached hydrogens (tertiary/aromatic N) is 1. The Balaban J connectivity index is 1.94. The topological polar surface area (TPSA) is 100 Å². The van der Waals surface area contributed by atoms with Crippen LogP contribution < -0.4 is 20.5 Å². The first-order chi connectivity index (χ1) is 16.6. The van der Waals surface area contributed by atoms with Crippen molar-refractivity contribution in [3.63, 3.8) is 0 Å². The third kappa shape index (κ3) is 9.87. The molecule has 0 saturated heterocycles. The van der Waals surface area contributed by atoms with Gasteiger partial charge >= 0.3 is 0 Å². The molecule has 2 rings (SSSR count). The Morgan fingerprint density at radius 2 is 1.35 bits per heavy atom. The summed E-state index contributed by atoms with van der Waals surface area (Å²) in [4.78, 5) is 2.38. The fraction of sp³-hybridized carbons (Fsp3) is 0.407. The zero-order chi connectivity index (χ0) is 24.6. The van der Waals surface area contributed by atoms with E-state index in [0.717, 1.165) is 69.7 Å². The number of nitrogens with one attached hydrogen (secondary N) is 1. The van der Waals surface area contributed by atoms with E-state index >= 15 is 0 Å². The Kier molecular flexibility index (Phi) is 12.6. The Morgan fingerprint density at radius 3 is 1.85 bits per heavy atom. The molecule has 0 atom stereocenters. The maximum Gasteiger partial charge on any atom is 0.161 e. The fourth-order valence-electron chi connectivity index (χ4n) is 3.47. The molecule has 0 aliphatic heterocycles. The zero-order valence-electron chi connectivity index (χ0n) is 20.4. The number of nitrogens with two attached hydrogens (primary N) is 1. The highest BCUT2D eigenvalue weighted by Crippen LogP contribution is 2.27. The molecule has 0 heterocycles. The van der Waals surface area contributed by atoms with Crippen LogP contribution >= 0.6 is 0 Å². The lowest BCUT2D eigenvalue weighted by Crippen LogP contribution is -2.26. The van der Waals surface area contributed by atoms with Crippen LogP contribution in [0.15, 0.2) is 48.6 Å². The lowest BCUT2D eigenvalue weighted by Gasteiger charge is -2.19. The SMILES string of the molecule is COc1cc(C=CCN(CC=Cc2ccc(O)c(OC)c2)CCCCNCCCN)ccc1O. The second-order valence-electron chi connectivity index (χ2n) is 8.03. The molecule has 186 valence electrons. The van der Waals surface area contributed by atoms with E-state index in [1.165, 1.54) is 0 Å². The summed E-state index contributed by atoms with van der Waals surface area (Å²) >= 11 is 0. The van der Waals surface area contributed by atoms with Gasteiger partial charge in [0.2, 0.25) is 0 Å². The van der Waals surface area contributed by atoms with Gasteiger partial charge in [-0.25, -0.2) is 0 Å². The molecule has 0 saturated carbocycles. The minimum Gasteiger partial charge on any atom is -0.504 e. The van der Waals surface area contributed by atoms with E-state index in [9.17, 15) is 10.2 Å². The minimum absolute atomic E-state index is 0.136. The van der Waals surface area contributed by atoms with Crippen molar-refractivity contribution in [2.45, 2.75) is 19.3 Å². The number of ether oxygens (including phenoxy) is 2. The number of unbranched alkanes of at least 4 members (excludes halogenated alkanes) is 1. The van der Waals surface area contributed by atoms with Gasteiger partial charge in [0.1, 0.15) is 0 Å². The predicted molar refractivity (Wildman–Crippen MR) is 140 cm³/mol. The number of aromatic hydroxyl groups is 2. The quantitative estimate of drug-likeness (QED) is 0.277. The van der Waals surface area contributed by atoms with Crippen molar-refractivity contribution in [3.05, 3.63) is 59.7 Å². The monoisotopic (exact) mass is 469 g/mol. The molecule has 0 unspecified atom stereocenters. The highest BCUT2D eigenvalue weighted by atomic mass is 16.5. The number of phenols is 2. The lowest BCUT2D eigenvalue weighted by atomic mass is 10.1. The first kappa shape index (κ1) is 27.2. The molecule has 5 N–H and O–H groups in total. The largest absolute Gasteiger partial charge is 0.504 e. The molecule has 7 nitrogen and oxygen atoms in total. The number of phenolic OH excluding ortho intramolecular Hbond substituents is 2. The molecule has 0 aromatic heterocycles. The summed E-state index contributed by atoms with van der Waals surface area (Å²) in [6, 6.07) is 10.7. The highest BCUT2D eigenvalue weighted by molar-refractivity contribution is 5.56. The van der Waals surface area contributed by atoms with Crippen molar-refractivity contribution >= 4 is 12.2 Å². The van der Waals surface area contributed by atoms with Crippen LogP contribution in [-0.2, 0) is 0 Å². The van der Waals surface area contributed by atoms with Crippen LogP contribution in [0, 0.1) is 0 Å². The lowest BCUT2D eigenvalue weighted by molar-refractivity contribution is 0.326. The molecule has 0 radical (unpaired) electrons. The van der Waals surface area contributed by atoms with Crippen molar-refractivity contribution < 1.29 is 19.7 Å². The fourth-order valence-corrected chi connectivity index (χ4v) is 3.47. The Labute approximate surface area is 203 Å². The molecule has 7 heteroatoms. The highest BCUT2D eigenvalue weighted by Gasteiger charge is 2.04. The summed E-state index contributed by atoms with van der Waals surface area (Å²) in [6.07, 6.45) is 11.5. The maximum absolute atomic E-state index is 9.78. The van der Waals surface area contributed by atoms with E-state index < -0.39 is 0 Å². The molecule has 2 aromatic carbocycles. The minimum atomic E-state index is 0.136. The van der Waals surface area contributed by atoms with E-state index in [1.807, 2.05) is 36.4 Å². The zero-order valence-corrected chi connectivity index (χ0v) is 20.4. The summed E-state index contributed by atoms with van der Waals surface area (Å²) in [5.74, 6) is 1.21. The van der Waals surface area contributed by atoms with E-state index in [2.05, 4.69) is 22.4 Å². The summed E-state index contributed by atoms with van der Waals surface area (Å²) < 4.78 is 10.4. The van der Waals surface area contributed by atoms with Crippen molar-refractivity contribution in [2.75, 3.05) is 53.5 Å². The standard InChI is InChI=1S/C27H39N3O4/c1-33-26-20-22(10-12-24(26)31)8-5-18-30(17-4-3-15-29-16-7-14-28)19-6-9-23-11-13-25(32)27(21-23)34-2/h5-6,8-13,20-21,29,31-32H,3-4,7,14-19,28H2,1-2H3. The molecule has 0 aliphatic rings. The van der Waals surface area contributed by atoms with Gasteiger partial charge in [-0.2, -0.15) is 0 Å². The normalized spacial score (nSPS) is 11.6. The van der Waals surface area contributed by atoms with Crippen molar-refractivity contribution in [1.82, 2.24) is 10.2 Å². The molecule has 0 fully saturated rings. The molecule has 0 amide bonds. The van der Waals surface area contributed by atoms with Crippen LogP contribution in [-0.4, -0.2) is 68.6 Å². The number of rotatable bonds is 16. The van der Waals surface area contributed by atoms with Crippen molar-refractivity contribution in [3.8, 4) is 23.0 Å². The van der Waals surface area contributed by atoms with Gasteiger partial charge in [0.15, 0.2) is 23.0 Å². The van der Waals surface area contributed by atoms with Crippen LogP contribution in [0.4, 0.5) is 0 Å².